The lowest BCUT2D eigenvalue weighted by Gasteiger charge is -2.16. The summed E-state index contributed by atoms with van der Waals surface area (Å²) in [5.74, 6) is 1.09. The molecule has 0 aliphatic heterocycles. The van der Waals surface area contributed by atoms with Crippen molar-refractivity contribution in [2.24, 2.45) is 0 Å². The van der Waals surface area contributed by atoms with E-state index in [1.165, 1.54) is 185 Å². The molecule has 0 atom stereocenters. The van der Waals surface area contributed by atoms with E-state index in [-0.39, 0.29) is 0 Å². The van der Waals surface area contributed by atoms with Crippen LogP contribution in [0.2, 0.25) is 0 Å². The van der Waals surface area contributed by atoms with E-state index in [0.717, 1.165) is 12.2 Å². The number of nitrogens with zero attached hydrogens (tertiary/aromatic N) is 2. The maximum Gasteiger partial charge on any atom is 0.128 e. The second-order valence-corrected chi connectivity index (χ2v) is 12.0. The second kappa shape index (κ2) is 26.3. The molecule has 0 saturated heterocycles. The summed E-state index contributed by atoms with van der Waals surface area (Å²) < 4.78 is 0. The Kier molecular flexibility index (Phi) is 24.3. The van der Waals surface area contributed by atoms with Gasteiger partial charge in [-0.15, -0.1) is 0 Å². The van der Waals surface area contributed by atoms with Crippen LogP contribution >= 0.6 is 0 Å². The summed E-state index contributed by atoms with van der Waals surface area (Å²) >= 11 is 0. The number of rotatable bonds is 28. The van der Waals surface area contributed by atoms with Gasteiger partial charge in [0.25, 0.3) is 0 Å². The Balaban J connectivity index is 2.64. The number of aryl methyl sites for hydroxylation is 3. The van der Waals surface area contributed by atoms with Crippen molar-refractivity contribution in [2.45, 2.75) is 207 Å². The van der Waals surface area contributed by atoms with Crippen molar-refractivity contribution in [3.63, 3.8) is 0 Å². The van der Waals surface area contributed by atoms with Crippen LogP contribution in [0.3, 0.4) is 0 Å². The summed E-state index contributed by atoms with van der Waals surface area (Å²) in [6.45, 7) is 9.15. The molecule has 2 heteroatoms. The minimum absolute atomic E-state index is 0.965. The van der Waals surface area contributed by atoms with E-state index in [2.05, 4.69) is 27.7 Å². The Hall–Kier alpha value is -0.920. The van der Waals surface area contributed by atoms with Crippen LogP contribution in [0.25, 0.3) is 0 Å². The smallest absolute Gasteiger partial charge is 0.128 e. The van der Waals surface area contributed by atoms with Gasteiger partial charge in [0.05, 0.1) is 0 Å². The minimum Gasteiger partial charge on any atom is -0.238 e. The summed E-state index contributed by atoms with van der Waals surface area (Å²) in [5.41, 5.74) is 4.39. The third-order valence-electron chi connectivity index (χ3n) is 8.36. The predicted octanol–water partition coefficient (Wildman–Crippen LogP) is 12.1. The van der Waals surface area contributed by atoms with Crippen LogP contribution in [0.15, 0.2) is 0 Å². The Morgan fingerprint density at radius 3 is 0.947 bits per heavy atom. The highest BCUT2D eigenvalue weighted by atomic mass is 14.9. The fourth-order valence-corrected chi connectivity index (χ4v) is 5.79. The zero-order valence-corrected chi connectivity index (χ0v) is 26.7. The zero-order chi connectivity index (χ0) is 27.5. The highest BCUT2D eigenvalue weighted by Crippen LogP contribution is 2.22. The highest BCUT2D eigenvalue weighted by Gasteiger charge is 2.14. The molecule has 0 saturated carbocycles. The molecule has 1 aromatic rings. The van der Waals surface area contributed by atoms with Crippen LogP contribution in [0.5, 0.6) is 0 Å². The van der Waals surface area contributed by atoms with Crippen molar-refractivity contribution in [1.82, 2.24) is 9.97 Å². The Morgan fingerprint density at radius 1 is 0.342 bits per heavy atom. The number of hydrogen-bond acceptors (Lipinski definition) is 2. The van der Waals surface area contributed by atoms with Gasteiger partial charge in [-0.1, -0.05) is 163 Å². The van der Waals surface area contributed by atoms with E-state index >= 15 is 0 Å². The Bertz CT molecular complexity index is 597. The first-order valence-electron chi connectivity index (χ1n) is 17.6. The quantitative estimate of drug-likeness (QED) is 0.101. The van der Waals surface area contributed by atoms with Crippen molar-refractivity contribution in [3.8, 4) is 0 Å². The zero-order valence-electron chi connectivity index (χ0n) is 26.7. The van der Waals surface area contributed by atoms with E-state index in [4.69, 9.17) is 9.97 Å². The van der Waals surface area contributed by atoms with Gasteiger partial charge >= 0.3 is 0 Å². The van der Waals surface area contributed by atoms with Crippen LogP contribution in [-0.4, -0.2) is 9.97 Å². The molecule has 0 aromatic carbocycles. The molecule has 0 aliphatic carbocycles. The molecule has 0 fully saturated rings. The molecule has 0 unspecified atom stereocenters. The standard InChI is InChI=1S/C36H68N2/c1-5-9-12-15-18-21-24-27-30-33-34(31-28-25-22-19-16-13-10-6-2)37-36(8-4)38-35(33)32-29-26-23-20-17-14-11-7-3/h5-32H2,1-4H3. The molecule has 1 heterocycles. The summed E-state index contributed by atoms with van der Waals surface area (Å²) in [6, 6.07) is 0. The molecule has 0 amide bonds. The van der Waals surface area contributed by atoms with Crippen LogP contribution in [-0.2, 0) is 25.7 Å². The van der Waals surface area contributed by atoms with E-state index in [1.54, 1.807) is 5.56 Å². The molecule has 0 aliphatic rings. The van der Waals surface area contributed by atoms with Crippen molar-refractivity contribution < 1.29 is 0 Å². The lowest BCUT2D eigenvalue weighted by atomic mass is 9.96. The van der Waals surface area contributed by atoms with E-state index < -0.39 is 0 Å². The van der Waals surface area contributed by atoms with Crippen LogP contribution in [0.1, 0.15) is 205 Å². The molecule has 1 rings (SSSR count). The molecular formula is C36H68N2. The number of unbranched alkanes of at least 4 members (excludes halogenated alkanes) is 21. The first-order chi connectivity index (χ1) is 18.8. The van der Waals surface area contributed by atoms with Gasteiger partial charge in [0.2, 0.25) is 0 Å². The molecule has 1 aromatic heterocycles. The third-order valence-corrected chi connectivity index (χ3v) is 8.36. The molecular weight excluding hydrogens is 460 g/mol. The normalized spacial score (nSPS) is 11.5. The van der Waals surface area contributed by atoms with Gasteiger partial charge < -0.3 is 0 Å². The van der Waals surface area contributed by atoms with Crippen LogP contribution < -0.4 is 0 Å². The molecule has 0 spiro atoms. The van der Waals surface area contributed by atoms with Gasteiger partial charge in [-0.2, -0.15) is 0 Å². The number of aromatic nitrogens is 2. The molecule has 0 bridgehead atoms. The monoisotopic (exact) mass is 529 g/mol. The number of hydrogen-bond donors (Lipinski definition) is 0. The fraction of sp³-hybridized carbons (Fsp3) is 0.889. The summed E-state index contributed by atoms with van der Waals surface area (Å²) in [6.07, 6.45) is 37.8. The predicted molar refractivity (Wildman–Crippen MR) is 170 cm³/mol. The molecule has 0 radical (unpaired) electrons. The topological polar surface area (TPSA) is 25.8 Å². The fourth-order valence-electron chi connectivity index (χ4n) is 5.79. The first-order valence-corrected chi connectivity index (χ1v) is 17.6. The molecule has 38 heavy (non-hydrogen) atoms. The minimum atomic E-state index is 0.965. The van der Waals surface area contributed by atoms with Crippen LogP contribution in [0.4, 0.5) is 0 Å². The SMILES string of the molecule is CCCCCCCCCCc1nc(CC)nc(CCCCCCCCCC)c1CCCCCCCCCC. The average Bonchev–Trinajstić information content (AvgIpc) is 2.93. The molecule has 2 nitrogen and oxygen atoms in total. The van der Waals surface area contributed by atoms with Gasteiger partial charge in [-0.05, 0) is 44.1 Å². The second-order valence-electron chi connectivity index (χ2n) is 12.0. The third kappa shape index (κ3) is 18.4. The summed E-state index contributed by atoms with van der Waals surface area (Å²) in [4.78, 5) is 10.3. The average molecular weight is 529 g/mol. The van der Waals surface area contributed by atoms with Gasteiger partial charge in [0.15, 0.2) is 0 Å². The van der Waals surface area contributed by atoms with Crippen molar-refractivity contribution in [2.75, 3.05) is 0 Å². The molecule has 0 N–H and O–H groups in total. The van der Waals surface area contributed by atoms with E-state index in [1.807, 2.05) is 0 Å². The van der Waals surface area contributed by atoms with Crippen molar-refractivity contribution in [1.29, 1.82) is 0 Å². The van der Waals surface area contributed by atoms with E-state index in [9.17, 15) is 0 Å². The summed E-state index contributed by atoms with van der Waals surface area (Å²) in [7, 11) is 0. The molecule has 222 valence electrons. The lowest BCUT2D eigenvalue weighted by molar-refractivity contribution is 0.561. The highest BCUT2D eigenvalue weighted by molar-refractivity contribution is 5.27. The maximum absolute atomic E-state index is 5.13. The largest absolute Gasteiger partial charge is 0.238 e. The van der Waals surface area contributed by atoms with Gasteiger partial charge in [0.1, 0.15) is 5.82 Å². The van der Waals surface area contributed by atoms with Gasteiger partial charge in [-0.3, -0.25) is 0 Å². The van der Waals surface area contributed by atoms with E-state index in [0.29, 0.717) is 0 Å². The maximum atomic E-state index is 5.13. The Labute approximate surface area is 240 Å². The van der Waals surface area contributed by atoms with Crippen molar-refractivity contribution >= 4 is 0 Å². The van der Waals surface area contributed by atoms with Gasteiger partial charge in [0, 0.05) is 17.8 Å². The van der Waals surface area contributed by atoms with Gasteiger partial charge in [-0.25, -0.2) is 9.97 Å². The lowest BCUT2D eigenvalue weighted by Crippen LogP contribution is -2.11. The summed E-state index contributed by atoms with van der Waals surface area (Å²) in [5, 5.41) is 0. The van der Waals surface area contributed by atoms with Crippen LogP contribution in [0, 0.1) is 0 Å². The Morgan fingerprint density at radius 2 is 0.632 bits per heavy atom. The first kappa shape index (κ1) is 35.1. The van der Waals surface area contributed by atoms with Crippen molar-refractivity contribution in [3.05, 3.63) is 22.8 Å².